The fourth-order valence-electron chi connectivity index (χ4n) is 3.92. The second-order valence-electron chi connectivity index (χ2n) is 6.34. The number of carbonyl (C=O) groups is 1. The molecule has 0 aromatic carbocycles. The zero-order valence-electron chi connectivity index (χ0n) is 11.3. The summed E-state index contributed by atoms with van der Waals surface area (Å²) in [6.07, 6.45) is 2.21. The van der Waals surface area contributed by atoms with Crippen molar-refractivity contribution in [3.05, 3.63) is 23.8 Å². The number of allylic oxidation sites excluding steroid dienone is 1. The van der Waals surface area contributed by atoms with Crippen LogP contribution >= 0.6 is 0 Å². The van der Waals surface area contributed by atoms with Crippen LogP contribution in [0.4, 0.5) is 0 Å². The number of esters is 1. The zero-order chi connectivity index (χ0) is 13.9. The minimum atomic E-state index is -1.11. The van der Waals surface area contributed by atoms with E-state index in [0.29, 0.717) is 18.4 Å². The molecular formula is C15H20O4. The highest BCUT2D eigenvalue weighted by Gasteiger charge is 2.54. The number of fused-ring (bicyclic) bond motifs is 2. The molecule has 3 rings (SSSR count). The normalized spacial score (nSPS) is 49.3. The molecular weight excluding hydrogens is 244 g/mol. The Morgan fingerprint density at radius 3 is 2.79 bits per heavy atom. The number of ether oxygens (including phenoxy) is 1. The lowest BCUT2D eigenvalue weighted by Gasteiger charge is -2.32. The van der Waals surface area contributed by atoms with Crippen LogP contribution in [0.25, 0.3) is 0 Å². The van der Waals surface area contributed by atoms with Gasteiger partial charge in [0.25, 0.3) is 0 Å². The van der Waals surface area contributed by atoms with E-state index in [1.165, 1.54) is 0 Å². The third-order valence-electron chi connectivity index (χ3n) is 5.26. The van der Waals surface area contributed by atoms with Gasteiger partial charge in [-0.05, 0) is 44.6 Å². The molecule has 0 unspecified atom stereocenters. The predicted octanol–water partition coefficient (Wildman–Crippen LogP) is 1.18. The highest BCUT2D eigenvalue weighted by Crippen LogP contribution is 2.51. The molecule has 2 fully saturated rings. The zero-order valence-corrected chi connectivity index (χ0v) is 11.3. The van der Waals surface area contributed by atoms with Crippen molar-refractivity contribution >= 4 is 5.97 Å². The van der Waals surface area contributed by atoms with Gasteiger partial charge in [0.05, 0.1) is 11.7 Å². The molecule has 4 heteroatoms. The molecule has 104 valence electrons. The Kier molecular flexibility index (Phi) is 2.67. The van der Waals surface area contributed by atoms with Gasteiger partial charge in [-0.15, -0.1) is 0 Å². The number of aliphatic hydroxyl groups excluding tert-OH is 1. The van der Waals surface area contributed by atoms with Gasteiger partial charge in [-0.3, -0.25) is 0 Å². The van der Waals surface area contributed by atoms with Crippen molar-refractivity contribution in [2.24, 2.45) is 17.8 Å². The van der Waals surface area contributed by atoms with Gasteiger partial charge in [0.15, 0.2) is 0 Å². The van der Waals surface area contributed by atoms with Crippen molar-refractivity contribution in [2.45, 2.75) is 44.5 Å². The van der Waals surface area contributed by atoms with Crippen LogP contribution in [-0.4, -0.2) is 34.0 Å². The van der Waals surface area contributed by atoms with Gasteiger partial charge in [0, 0.05) is 11.5 Å². The highest BCUT2D eigenvalue weighted by atomic mass is 16.5. The Morgan fingerprint density at radius 1 is 1.42 bits per heavy atom. The summed E-state index contributed by atoms with van der Waals surface area (Å²) in [5, 5.41) is 20.6. The topological polar surface area (TPSA) is 66.8 Å². The monoisotopic (exact) mass is 264 g/mol. The number of rotatable bonds is 0. The molecule has 2 N–H and O–H groups in total. The van der Waals surface area contributed by atoms with Gasteiger partial charge in [0.1, 0.15) is 6.10 Å². The van der Waals surface area contributed by atoms with Crippen LogP contribution in [0, 0.1) is 17.8 Å². The Labute approximate surface area is 112 Å². The van der Waals surface area contributed by atoms with Crippen LogP contribution in [-0.2, 0) is 9.53 Å². The summed E-state index contributed by atoms with van der Waals surface area (Å²) >= 11 is 0. The van der Waals surface area contributed by atoms with Gasteiger partial charge in [-0.2, -0.15) is 0 Å². The lowest BCUT2D eigenvalue weighted by atomic mass is 9.78. The van der Waals surface area contributed by atoms with Gasteiger partial charge in [-0.1, -0.05) is 12.2 Å². The molecule has 1 heterocycles. The van der Waals surface area contributed by atoms with E-state index in [1.807, 2.05) is 13.0 Å². The van der Waals surface area contributed by atoms with Crippen LogP contribution in [0.2, 0.25) is 0 Å². The standard InChI is InChI=1S/C15H20O4/c1-7-4-12-10(8(2)14(17)19-12)5-11-9(7)6-13(16)15(11,3)18/h4,9-13,16,18H,2,5-6H2,1,3H3/t9-,10+,11+,12+,13+,15-/m0/s1. The molecule has 0 aromatic heterocycles. The van der Waals surface area contributed by atoms with Crippen molar-refractivity contribution in [2.75, 3.05) is 0 Å². The first-order chi connectivity index (χ1) is 8.82. The predicted molar refractivity (Wildman–Crippen MR) is 69.1 cm³/mol. The summed E-state index contributed by atoms with van der Waals surface area (Å²) in [4.78, 5) is 11.6. The molecule has 6 atom stereocenters. The Hall–Kier alpha value is -1.13. The van der Waals surface area contributed by atoms with Crippen LogP contribution in [0.15, 0.2) is 23.8 Å². The fourth-order valence-corrected chi connectivity index (χ4v) is 3.92. The van der Waals surface area contributed by atoms with E-state index in [0.717, 1.165) is 5.57 Å². The number of aliphatic hydroxyl groups is 2. The molecule has 0 aromatic rings. The van der Waals surface area contributed by atoms with E-state index in [-0.39, 0.29) is 29.8 Å². The van der Waals surface area contributed by atoms with E-state index >= 15 is 0 Å². The quantitative estimate of drug-likeness (QED) is 0.392. The SMILES string of the molecule is C=C1C(=O)O[C@@H]2C=C(C)[C@@H]3C[C@@H](O)[C@@](C)(O)[C@@H]3C[C@H]12. The Bertz CT molecular complexity index is 477. The van der Waals surface area contributed by atoms with Crippen molar-refractivity contribution < 1.29 is 19.7 Å². The van der Waals surface area contributed by atoms with Crippen LogP contribution < -0.4 is 0 Å². The number of carbonyl (C=O) groups excluding carboxylic acids is 1. The van der Waals surface area contributed by atoms with Crippen LogP contribution in [0.5, 0.6) is 0 Å². The first-order valence-electron chi connectivity index (χ1n) is 6.81. The molecule has 0 amide bonds. The molecule has 1 saturated heterocycles. The Balaban J connectivity index is 2.00. The first-order valence-corrected chi connectivity index (χ1v) is 6.81. The molecule has 0 spiro atoms. The van der Waals surface area contributed by atoms with Gasteiger partial charge < -0.3 is 14.9 Å². The maximum atomic E-state index is 11.6. The molecule has 1 saturated carbocycles. The maximum Gasteiger partial charge on any atom is 0.334 e. The van der Waals surface area contributed by atoms with Crippen LogP contribution in [0.1, 0.15) is 26.7 Å². The van der Waals surface area contributed by atoms with Gasteiger partial charge in [0.2, 0.25) is 0 Å². The highest BCUT2D eigenvalue weighted by molar-refractivity contribution is 5.91. The lowest BCUT2D eigenvalue weighted by Crippen LogP contribution is -2.41. The van der Waals surface area contributed by atoms with E-state index in [2.05, 4.69) is 6.58 Å². The van der Waals surface area contributed by atoms with E-state index in [4.69, 9.17) is 4.74 Å². The minimum absolute atomic E-state index is 0.0556. The summed E-state index contributed by atoms with van der Waals surface area (Å²) in [5.74, 6) is -0.313. The van der Waals surface area contributed by atoms with Gasteiger partial charge >= 0.3 is 5.97 Å². The number of hydrogen-bond donors (Lipinski definition) is 2. The van der Waals surface area contributed by atoms with Crippen molar-refractivity contribution in [3.8, 4) is 0 Å². The van der Waals surface area contributed by atoms with Crippen molar-refractivity contribution in [1.82, 2.24) is 0 Å². The van der Waals surface area contributed by atoms with E-state index in [1.54, 1.807) is 6.92 Å². The van der Waals surface area contributed by atoms with Gasteiger partial charge in [-0.25, -0.2) is 4.79 Å². The van der Waals surface area contributed by atoms with E-state index in [9.17, 15) is 15.0 Å². The molecule has 1 aliphatic heterocycles. The van der Waals surface area contributed by atoms with Crippen molar-refractivity contribution in [1.29, 1.82) is 0 Å². The molecule has 19 heavy (non-hydrogen) atoms. The summed E-state index contributed by atoms with van der Waals surface area (Å²) in [7, 11) is 0. The summed E-state index contributed by atoms with van der Waals surface area (Å²) in [6, 6.07) is 0. The first kappa shape index (κ1) is 12.9. The third-order valence-corrected chi connectivity index (χ3v) is 5.26. The number of hydrogen-bond acceptors (Lipinski definition) is 4. The minimum Gasteiger partial charge on any atom is -0.454 e. The third kappa shape index (κ3) is 1.70. The summed E-state index contributed by atoms with van der Waals surface area (Å²) in [6.45, 7) is 7.50. The average Bonchev–Trinajstić information content (AvgIpc) is 2.64. The summed E-state index contributed by atoms with van der Waals surface area (Å²) < 4.78 is 5.33. The molecule has 0 bridgehead atoms. The largest absolute Gasteiger partial charge is 0.454 e. The van der Waals surface area contributed by atoms with Crippen molar-refractivity contribution in [3.63, 3.8) is 0 Å². The maximum absolute atomic E-state index is 11.6. The molecule has 3 aliphatic rings. The smallest absolute Gasteiger partial charge is 0.334 e. The molecule has 2 aliphatic carbocycles. The lowest BCUT2D eigenvalue weighted by molar-refractivity contribution is -0.137. The summed E-state index contributed by atoms with van der Waals surface area (Å²) in [5.41, 5.74) is 0.476. The average molecular weight is 264 g/mol. The molecule has 4 nitrogen and oxygen atoms in total. The second-order valence-corrected chi connectivity index (χ2v) is 6.34. The van der Waals surface area contributed by atoms with Crippen LogP contribution in [0.3, 0.4) is 0 Å². The Morgan fingerprint density at radius 2 is 2.11 bits per heavy atom. The van der Waals surface area contributed by atoms with E-state index < -0.39 is 11.7 Å². The molecule has 0 radical (unpaired) electrons. The fraction of sp³-hybridized carbons (Fsp3) is 0.667. The second kappa shape index (κ2) is 3.93.